The molecule has 8 heteroatoms. The maximum absolute atomic E-state index is 15.0. The predicted molar refractivity (Wildman–Crippen MR) is 164 cm³/mol. The third kappa shape index (κ3) is 3.82. The molecule has 1 saturated carbocycles. The number of phenolic OH excluding ortho intramolecular Hbond substituents is 1. The summed E-state index contributed by atoms with van der Waals surface area (Å²) < 4.78 is 0. The van der Waals surface area contributed by atoms with Crippen LogP contribution in [0, 0.1) is 37.5 Å². The number of anilines is 1. The molecule has 8 nitrogen and oxygen atoms in total. The molecule has 3 aromatic carbocycles. The number of carbonyl (C=O) groups excluding carboxylic acids is 4. The van der Waals surface area contributed by atoms with Crippen LogP contribution >= 0.6 is 0 Å². The first-order valence-corrected chi connectivity index (χ1v) is 15.3. The summed E-state index contributed by atoms with van der Waals surface area (Å²) in [4.78, 5) is 58.0. The van der Waals surface area contributed by atoms with Crippen molar-refractivity contribution in [1.29, 1.82) is 0 Å². The Morgan fingerprint density at radius 3 is 2.30 bits per heavy atom. The second kappa shape index (κ2) is 10.2. The lowest BCUT2D eigenvalue weighted by molar-refractivity contribution is -0.141. The molecule has 7 rings (SSSR count). The molecule has 4 aliphatic rings. The Kier molecular flexibility index (Phi) is 6.50. The van der Waals surface area contributed by atoms with Crippen molar-refractivity contribution in [3.8, 4) is 5.75 Å². The third-order valence-corrected chi connectivity index (χ3v) is 10.4. The molecular weight excluding hydrogens is 554 g/mol. The topological polar surface area (TPSA) is 107 Å². The van der Waals surface area contributed by atoms with Crippen LogP contribution in [0.5, 0.6) is 5.75 Å². The maximum atomic E-state index is 15.0. The molecule has 2 saturated heterocycles. The molecule has 44 heavy (non-hydrogen) atoms. The summed E-state index contributed by atoms with van der Waals surface area (Å²) in [6.07, 6.45) is 2.72. The van der Waals surface area contributed by atoms with Crippen molar-refractivity contribution in [2.75, 3.05) is 12.0 Å². The number of hydrogen-bond donors (Lipinski definition) is 2. The number of allylic oxidation sites excluding steroid dienone is 2. The van der Waals surface area contributed by atoms with E-state index in [0.29, 0.717) is 24.2 Å². The van der Waals surface area contributed by atoms with Gasteiger partial charge >= 0.3 is 0 Å². The van der Waals surface area contributed by atoms with Gasteiger partial charge in [0, 0.05) is 12.5 Å². The fraction of sp³-hybridized carbons (Fsp3) is 0.333. The molecule has 224 valence electrons. The summed E-state index contributed by atoms with van der Waals surface area (Å²) >= 11 is 0. The molecule has 0 spiro atoms. The number of hydrogen-bond acceptors (Lipinski definition) is 6. The third-order valence-electron chi connectivity index (χ3n) is 10.4. The van der Waals surface area contributed by atoms with Gasteiger partial charge in [0.05, 0.1) is 28.9 Å². The zero-order valence-electron chi connectivity index (χ0n) is 25.0. The van der Waals surface area contributed by atoms with E-state index in [1.807, 2.05) is 80.6 Å². The van der Waals surface area contributed by atoms with E-state index in [1.165, 1.54) is 4.90 Å². The fourth-order valence-corrected chi connectivity index (χ4v) is 8.36. The molecule has 6 unspecified atom stereocenters. The van der Waals surface area contributed by atoms with Crippen molar-refractivity contribution >= 4 is 29.3 Å². The van der Waals surface area contributed by atoms with Gasteiger partial charge in [0.15, 0.2) is 0 Å². The predicted octanol–water partition coefficient (Wildman–Crippen LogP) is 5.01. The van der Waals surface area contributed by atoms with Crippen LogP contribution in [-0.4, -0.2) is 45.2 Å². The minimum absolute atomic E-state index is 0.135. The van der Waals surface area contributed by atoms with Crippen molar-refractivity contribution < 1.29 is 24.3 Å². The van der Waals surface area contributed by atoms with Gasteiger partial charge in [-0.3, -0.25) is 29.5 Å². The summed E-state index contributed by atoms with van der Waals surface area (Å²) in [5.41, 5.74) is 6.53. The van der Waals surface area contributed by atoms with Crippen molar-refractivity contribution in [3.05, 3.63) is 107 Å². The number of benzene rings is 3. The highest BCUT2D eigenvalue weighted by molar-refractivity contribution is 6.13. The number of likely N-dealkylation sites (tertiary alicyclic amines) is 1. The van der Waals surface area contributed by atoms with E-state index >= 15 is 4.79 Å². The Balaban J connectivity index is 1.46. The Morgan fingerprint density at radius 1 is 0.886 bits per heavy atom. The first-order chi connectivity index (χ1) is 21.2. The number of nitrogens with zero attached hydrogens (tertiary/aromatic N) is 2. The lowest BCUT2D eigenvalue weighted by Gasteiger charge is -2.50. The highest BCUT2D eigenvalue weighted by atomic mass is 16.3. The zero-order valence-corrected chi connectivity index (χ0v) is 25.0. The van der Waals surface area contributed by atoms with Gasteiger partial charge in [0.2, 0.25) is 11.8 Å². The SMILES string of the molecule is CCN1C(=O)C2CC=C3C(CC4C(=O)N(Nc5ccc(C)cc5)C(=O)C4(c4ccccc4)C3c3ccc(O)c(C)c3)C2C1=O. The van der Waals surface area contributed by atoms with E-state index < -0.39 is 35.0 Å². The number of phenols is 1. The van der Waals surface area contributed by atoms with E-state index in [9.17, 15) is 19.5 Å². The van der Waals surface area contributed by atoms with Gasteiger partial charge < -0.3 is 5.11 Å². The van der Waals surface area contributed by atoms with Gasteiger partial charge in [-0.2, -0.15) is 5.01 Å². The van der Waals surface area contributed by atoms with Gasteiger partial charge in [-0.25, -0.2) is 0 Å². The highest BCUT2D eigenvalue weighted by Gasteiger charge is 2.70. The number of amides is 4. The van der Waals surface area contributed by atoms with Gasteiger partial charge in [0.25, 0.3) is 11.8 Å². The monoisotopic (exact) mass is 589 g/mol. The average molecular weight is 590 g/mol. The van der Waals surface area contributed by atoms with Gasteiger partial charge in [-0.1, -0.05) is 71.8 Å². The molecule has 3 fully saturated rings. The molecule has 0 bridgehead atoms. The summed E-state index contributed by atoms with van der Waals surface area (Å²) in [7, 11) is 0. The summed E-state index contributed by atoms with van der Waals surface area (Å²) in [6, 6.07) is 22.3. The Morgan fingerprint density at radius 2 is 1.61 bits per heavy atom. The van der Waals surface area contributed by atoms with E-state index in [4.69, 9.17) is 0 Å². The molecule has 2 aliphatic heterocycles. The van der Waals surface area contributed by atoms with Crippen LogP contribution < -0.4 is 5.43 Å². The van der Waals surface area contributed by atoms with E-state index in [0.717, 1.165) is 27.3 Å². The minimum Gasteiger partial charge on any atom is -0.508 e. The minimum atomic E-state index is -1.31. The Hall–Kier alpha value is -4.72. The van der Waals surface area contributed by atoms with Crippen LogP contribution in [0.4, 0.5) is 5.69 Å². The summed E-state index contributed by atoms with van der Waals surface area (Å²) in [6.45, 7) is 5.88. The largest absolute Gasteiger partial charge is 0.508 e. The maximum Gasteiger partial charge on any atom is 0.260 e. The summed E-state index contributed by atoms with van der Waals surface area (Å²) in [5, 5.41) is 11.6. The first-order valence-electron chi connectivity index (χ1n) is 15.3. The van der Waals surface area contributed by atoms with Crippen molar-refractivity contribution in [3.63, 3.8) is 0 Å². The van der Waals surface area contributed by atoms with Crippen LogP contribution in [-0.2, 0) is 24.6 Å². The van der Waals surface area contributed by atoms with Crippen molar-refractivity contribution in [2.24, 2.45) is 23.7 Å². The summed E-state index contributed by atoms with van der Waals surface area (Å²) in [5.74, 6) is -3.79. The molecule has 2 heterocycles. The number of carbonyl (C=O) groups is 4. The van der Waals surface area contributed by atoms with Crippen LogP contribution in [0.3, 0.4) is 0 Å². The van der Waals surface area contributed by atoms with Crippen LogP contribution in [0.15, 0.2) is 84.4 Å². The van der Waals surface area contributed by atoms with E-state index in [2.05, 4.69) is 11.5 Å². The van der Waals surface area contributed by atoms with Crippen LogP contribution in [0.25, 0.3) is 0 Å². The number of nitrogens with one attached hydrogen (secondary N) is 1. The number of hydrazine groups is 1. The van der Waals surface area contributed by atoms with Crippen molar-refractivity contribution in [2.45, 2.75) is 44.9 Å². The lowest BCUT2D eigenvalue weighted by Crippen LogP contribution is -2.53. The number of fused-ring (bicyclic) bond motifs is 4. The van der Waals surface area contributed by atoms with E-state index in [1.54, 1.807) is 13.0 Å². The Labute approximate surface area is 256 Å². The number of aryl methyl sites for hydroxylation is 2. The normalized spacial score (nSPS) is 29.3. The Bertz CT molecular complexity index is 1730. The van der Waals surface area contributed by atoms with Gasteiger partial charge in [0.1, 0.15) is 5.75 Å². The highest BCUT2D eigenvalue weighted by Crippen LogP contribution is 2.64. The van der Waals surface area contributed by atoms with Gasteiger partial charge in [-0.05, 0) is 74.4 Å². The number of rotatable bonds is 5. The standard InChI is InChI=1S/C36H35N3O5/c1-4-38-32(41)26-16-15-25-27(30(26)34(38)43)19-28-33(42)39(37-24-13-10-20(2)11-14-24)35(44)36(28,23-8-6-5-7-9-23)31(25)22-12-17-29(40)21(3)18-22/h5-15,17-18,26-28,30-31,37,40H,4,16,19H2,1-3H3. The second-order valence-corrected chi connectivity index (χ2v) is 12.6. The molecule has 2 N–H and O–H groups in total. The number of imide groups is 2. The second-order valence-electron chi connectivity index (χ2n) is 12.6. The van der Waals surface area contributed by atoms with Crippen molar-refractivity contribution in [1.82, 2.24) is 9.91 Å². The molecule has 2 aliphatic carbocycles. The smallest absolute Gasteiger partial charge is 0.260 e. The van der Waals surface area contributed by atoms with Crippen LogP contribution in [0.2, 0.25) is 0 Å². The first kappa shape index (κ1) is 28.1. The lowest BCUT2D eigenvalue weighted by atomic mass is 9.49. The molecule has 4 amide bonds. The molecular formula is C36H35N3O5. The molecule has 0 radical (unpaired) electrons. The molecule has 3 aromatic rings. The van der Waals surface area contributed by atoms with E-state index in [-0.39, 0.29) is 35.8 Å². The zero-order chi connectivity index (χ0) is 30.9. The molecule has 6 atom stereocenters. The molecule has 0 aromatic heterocycles. The van der Waals surface area contributed by atoms with Gasteiger partial charge in [-0.15, -0.1) is 0 Å². The average Bonchev–Trinajstić information content (AvgIpc) is 3.40. The number of aromatic hydroxyl groups is 1. The van der Waals surface area contributed by atoms with Crippen LogP contribution in [0.1, 0.15) is 47.9 Å². The fourth-order valence-electron chi connectivity index (χ4n) is 8.36. The quantitative estimate of drug-likeness (QED) is 0.320.